The molecule has 1 saturated heterocycles. The van der Waals surface area contributed by atoms with E-state index in [1.807, 2.05) is 72.5 Å². The van der Waals surface area contributed by atoms with Gasteiger partial charge in [-0.2, -0.15) is 0 Å². The molecule has 1 aliphatic rings. The number of carbonyl (C=O) groups is 2. The molecule has 38 heavy (non-hydrogen) atoms. The fourth-order valence-corrected chi connectivity index (χ4v) is 5.04. The van der Waals surface area contributed by atoms with Gasteiger partial charge in [0, 0.05) is 44.7 Å². The zero-order valence-corrected chi connectivity index (χ0v) is 22.8. The number of aliphatic hydroxyl groups excluding tert-OH is 1. The molecule has 2 atom stereocenters. The average molecular weight is 524 g/mol. The predicted octanol–water partition coefficient (Wildman–Crippen LogP) is 5.27. The van der Waals surface area contributed by atoms with Crippen LogP contribution in [-0.2, 0) is 29.6 Å². The second-order valence-electron chi connectivity index (χ2n) is 9.51. The van der Waals surface area contributed by atoms with E-state index in [9.17, 15) is 14.7 Å². The Bertz CT molecular complexity index is 1050. The molecule has 2 aromatic rings. The smallest absolute Gasteiger partial charge is 0.305 e. The summed E-state index contributed by atoms with van der Waals surface area (Å²) in [6.45, 7) is 2.91. The molecule has 206 valence electrons. The van der Waals surface area contributed by atoms with E-state index >= 15 is 0 Å². The maximum absolute atomic E-state index is 12.5. The highest BCUT2D eigenvalue weighted by atomic mass is 16.7. The monoisotopic (exact) mass is 523 g/mol. The molecule has 2 aromatic carbocycles. The first-order valence-electron chi connectivity index (χ1n) is 13.5. The van der Waals surface area contributed by atoms with Crippen LogP contribution in [0.15, 0.2) is 66.7 Å². The lowest BCUT2D eigenvalue weighted by molar-refractivity contribution is -0.183. The lowest BCUT2D eigenvalue weighted by Gasteiger charge is -2.32. The van der Waals surface area contributed by atoms with Crippen LogP contribution in [0.5, 0.6) is 0 Å². The Morgan fingerprint density at radius 1 is 1.05 bits per heavy atom. The third-order valence-electron chi connectivity index (χ3n) is 7.06. The molecule has 0 saturated carbocycles. The van der Waals surface area contributed by atoms with E-state index in [2.05, 4.69) is 0 Å². The van der Waals surface area contributed by atoms with Gasteiger partial charge in [-0.3, -0.25) is 9.59 Å². The molecule has 0 radical (unpaired) electrons. The summed E-state index contributed by atoms with van der Waals surface area (Å²) >= 11 is 0. The molecule has 1 fully saturated rings. The SMILES string of the molecule is CCOC(=O)CCCCCCN1C(=O)CCC1C=C[C@@H](O)c1cccc(C(OC)(OC)c2ccccc2)c1. The number of nitrogens with zero attached hydrogens (tertiary/aromatic N) is 1. The molecule has 3 rings (SSSR count). The standard InChI is InChI=1S/C31H41NO6/c1-4-38-30(35)17-10-5-6-11-22-32-27(19-21-29(32)34)18-20-28(33)24-13-12-16-26(23-24)31(36-2,37-3)25-14-8-7-9-15-25/h7-9,12-16,18,20,23,27-28,33H,4-6,10-11,17,19,21-22H2,1-3H3/t27?,28-/m1/s1. The molecule has 0 aliphatic carbocycles. The molecule has 7 nitrogen and oxygen atoms in total. The number of ether oxygens (including phenoxy) is 3. The van der Waals surface area contributed by atoms with Crippen LogP contribution in [0.2, 0.25) is 0 Å². The molecule has 1 unspecified atom stereocenters. The van der Waals surface area contributed by atoms with Crippen molar-refractivity contribution in [1.29, 1.82) is 0 Å². The number of aliphatic hydroxyl groups is 1. The van der Waals surface area contributed by atoms with Crippen LogP contribution in [0.25, 0.3) is 0 Å². The zero-order chi connectivity index (χ0) is 27.4. The first-order valence-corrected chi connectivity index (χ1v) is 13.5. The van der Waals surface area contributed by atoms with Crippen LogP contribution in [-0.4, -0.2) is 55.3 Å². The van der Waals surface area contributed by atoms with Crippen LogP contribution >= 0.6 is 0 Å². The second kappa shape index (κ2) is 14.8. The van der Waals surface area contributed by atoms with Gasteiger partial charge in [0.25, 0.3) is 0 Å². The third kappa shape index (κ3) is 7.53. The van der Waals surface area contributed by atoms with E-state index in [1.165, 1.54) is 0 Å². The topological polar surface area (TPSA) is 85.3 Å². The van der Waals surface area contributed by atoms with Crippen LogP contribution in [0.1, 0.15) is 74.7 Å². The fraction of sp³-hybridized carbons (Fsp3) is 0.484. The predicted molar refractivity (Wildman–Crippen MR) is 146 cm³/mol. The minimum atomic E-state index is -1.09. The summed E-state index contributed by atoms with van der Waals surface area (Å²) in [5.41, 5.74) is 2.35. The summed E-state index contributed by atoms with van der Waals surface area (Å²) in [6, 6.07) is 17.2. The van der Waals surface area contributed by atoms with Crippen molar-refractivity contribution in [3.63, 3.8) is 0 Å². The van der Waals surface area contributed by atoms with Crippen molar-refractivity contribution < 1.29 is 28.9 Å². The highest BCUT2D eigenvalue weighted by molar-refractivity contribution is 5.79. The molecule has 1 amide bonds. The number of unbranched alkanes of at least 4 members (excludes halogenated alkanes) is 3. The summed E-state index contributed by atoms with van der Waals surface area (Å²) < 4.78 is 16.7. The van der Waals surface area contributed by atoms with Crippen molar-refractivity contribution in [2.75, 3.05) is 27.4 Å². The van der Waals surface area contributed by atoms with Gasteiger partial charge in [0.05, 0.1) is 18.8 Å². The molecule has 0 spiro atoms. The lowest BCUT2D eigenvalue weighted by Crippen LogP contribution is -2.32. The minimum Gasteiger partial charge on any atom is -0.466 e. The quantitative estimate of drug-likeness (QED) is 0.148. The van der Waals surface area contributed by atoms with E-state index in [-0.39, 0.29) is 17.9 Å². The zero-order valence-electron chi connectivity index (χ0n) is 22.8. The maximum atomic E-state index is 12.5. The summed E-state index contributed by atoms with van der Waals surface area (Å²) in [7, 11) is 3.21. The van der Waals surface area contributed by atoms with Crippen molar-refractivity contribution in [2.24, 2.45) is 0 Å². The molecule has 1 heterocycles. The van der Waals surface area contributed by atoms with Gasteiger partial charge >= 0.3 is 5.97 Å². The average Bonchev–Trinajstić information content (AvgIpc) is 3.30. The Kier molecular flexibility index (Phi) is 11.5. The van der Waals surface area contributed by atoms with E-state index in [0.29, 0.717) is 31.6 Å². The van der Waals surface area contributed by atoms with Gasteiger partial charge in [0.15, 0.2) is 0 Å². The van der Waals surface area contributed by atoms with Gasteiger partial charge in [-0.05, 0) is 37.8 Å². The second-order valence-corrected chi connectivity index (χ2v) is 9.51. The van der Waals surface area contributed by atoms with Gasteiger partial charge < -0.3 is 24.2 Å². The van der Waals surface area contributed by atoms with E-state index in [1.54, 1.807) is 20.3 Å². The highest BCUT2D eigenvalue weighted by Crippen LogP contribution is 2.35. The third-order valence-corrected chi connectivity index (χ3v) is 7.06. The Labute approximate surface area is 226 Å². The molecule has 0 aromatic heterocycles. The largest absolute Gasteiger partial charge is 0.466 e. The first kappa shape index (κ1) is 29.6. The number of hydrogen-bond donors (Lipinski definition) is 1. The Balaban J connectivity index is 1.60. The number of amides is 1. The van der Waals surface area contributed by atoms with Crippen LogP contribution in [0.4, 0.5) is 0 Å². The van der Waals surface area contributed by atoms with Crippen molar-refractivity contribution in [3.8, 4) is 0 Å². The molecule has 0 bridgehead atoms. The van der Waals surface area contributed by atoms with E-state index in [0.717, 1.165) is 43.2 Å². The number of benzene rings is 2. The highest BCUT2D eigenvalue weighted by Gasteiger charge is 2.35. The summed E-state index contributed by atoms with van der Waals surface area (Å²) in [5, 5.41) is 11.0. The Hall–Kier alpha value is -3.00. The van der Waals surface area contributed by atoms with E-state index in [4.69, 9.17) is 14.2 Å². The molecule has 1 N–H and O–H groups in total. The Morgan fingerprint density at radius 3 is 2.47 bits per heavy atom. The molecule has 1 aliphatic heterocycles. The van der Waals surface area contributed by atoms with Crippen molar-refractivity contribution in [2.45, 2.75) is 69.8 Å². The summed E-state index contributed by atoms with van der Waals surface area (Å²) in [4.78, 5) is 25.8. The van der Waals surface area contributed by atoms with Crippen LogP contribution in [0.3, 0.4) is 0 Å². The number of carbonyl (C=O) groups excluding carboxylic acids is 2. The van der Waals surface area contributed by atoms with Crippen molar-refractivity contribution in [1.82, 2.24) is 4.90 Å². The first-order chi connectivity index (χ1) is 18.4. The van der Waals surface area contributed by atoms with Gasteiger partial charge in [-0.1, -0.05) is 73.5 Å². The van der Waals surface area contributed by atoms with Crippen LogP contribution in [0, 0.1) is 0 Å². The van der Waals surface area contributed by atoms with Crippen molar-refractivity contribution in [3.05, 3.63) is 83.4 Å². The number of likely N-dealkylation sites (tertiary alicyclic amines) is 1. The van der Waals surface area contributed by atoms with Gasteiger partial charge in [-0.25, -0.2) is 0 Å². The number of hydrogen-bond acceptors (Lipinski definition) is 6. The van der Waals surface area contributed by atoms with Gasteiger partial charge in [0.2, 0.25) is 11.7 Å². The van der Waals surface area contributed by atoms with Crippen molar-refractivity contribution >= 4 is 11.9 Å². The maximum Gasteiger partial charge on any atom is 0.305 e. The van der Waals surface area contributed by atoms with Gasteiger partial charge in [-0.15, -0.1) is 0 Å². The molecular formula is C31H41NO6. The Morgan fingerprint density at radius 2 is 1.76 bits per heavy atom. The lowest BCUT2D eigenvalue weighted by atomic mass is 9.94. The summed E-state index contributed by atoms with van der Waals surface area (Å²) in [6.07, 6.45) is 8.16. The molecule has 7 heteroatoms. The fourth-order valence-electron chi connectivity index (χ4n) is 5.04. The van der Waals surface area contributed by atoms with Crippen LogP contribution < -0.4 is 0 Å². The number of esters is 1. The minimum absolute atomic E-state index is 0.0266. The van der Waals surface area contributed by atoms with Gasteiger partial charge in [0.1, 0.15) is 0 Å². The number of methoxy groups -OCH3 is 2. The number of rotatable bonds is 15. The summed E-state index contributed by atoms with van der Waals surface area (Å²) in [5.74, 6) is -1.09. The normalized spacial score (nSPS) is 16.8. The molecular weight excluding hydrogens is 482 g/mol. The van der Waals surface area contributed by atoms with E-state index < -0.39 is 11.9 Å².